The number of halogens is 2. The van der Waals surface area contributed by atoms with E-state index < -0.39 is 5.82 Å². The fraction of sp³-hybridized carbons (Fsp3) is 0.188. The first-order valence-corrected chi connectivity index (χ1v) is 7.08. The molecule has 2 aromatic rings. The van der Waals surface area contributed by atoms with Gasteiger partial charge >= 0.3 is 0 Å². The number of hydrogen-bond acceptors (Lipinski definition) is 1. The Labute approximate surface area is 128 Å². The molecule has 0 aliphatic carbocycles. The lowest BCUT2D eigenvalue weighted by atomic mass is 10.1. The lowest BCUT2D eigenvalue weighted by molar-refractivity contribution is -0.682. The summed E-state index contributed by atoms with van der Waals surface area (Å²) in [5.41, 5.74) is 1.17. The second-order valence-corrected chi connectivity index (χ2v) is 5.19. The average molecular weight is 308 g/mol. The van der Waals surface area contributed by atoms with E-state index in [1.165, 1.54) is 12.1 Å². The van der Waals surface area contributed by atoms with Gasteiger partial charge < -0.3 is 10.6 Å². The van der Waals surface area contributed by atoms with Gasteiger partial charge in [0.1, 0.15) is 11.9 Å². The number of anilines is 1. The van der Waals surface area contributed by atoms with Crippen LogP contribution in [-0.2, 0) is 4.79 Å². The van der Waals surface area contributed by atoms with Gasteiger partial charge in [-0.3, -0.25) is 4.79 Å². The van der Waals surface area contributed by atoms with Crippen LogP contribution in [0.15, 0.2) is 48.5 Å². The number of para-hydroxylation sites is 1. The molecule has 2 rings (SSSR count). The molecule has 0 unspecified atom stereocenters. The zero-order chi connectivity index (χ0) is 15.2. The van der Waals surface area contributed by atoms with Crippen molar-refractivity contribution in [2.45, 2.75) is 13.0 Å². The SMILES string of the molecule is C[C@@H]([NH2+]CC(=O)Nc1ccccc1F)c1ccccc1Cl. The lowest BCUT2D eigenvalue weighted by Gasteiger charge is -2.12. The standard InChI is InChI=1S/C16H16ClFN2O/c1-11(12-6-2-3-7-13(12)17)19-10-16(21)20-15-9-5-4-8-14(15)18/h2-9,11,19H,10H2,1H3,(H,20,21)/p+1/t11-/m1/s1. The molecule has 0 fully saturated rings. The topological polar surface area (TPSA) is 45.7 Å². The van der Waals surface area contributed by atoms with Gasteiger partial charge in [-0.25, -0.2) is 4.39 Å². The van der Waals surface area contributed by atoms with E-state index in [-0.39, 0.29) is 24.2 Å². The second kappa shape index (κ2) is 7.20. The molecular formula is C16H17ClFN2O+. The molecule has 110 valence electrons. The summed E-state index contributed by atoms with van der Waals surface area (Å²) in [5.74, 6) is -0.691. The van der Waals surface area contributed by atoms with Crippen LogP contribution in [0.2, 0.25) is 5.02 Å². The Morgan fingerprint density at radius 2 is 1.90 bits per heavy atom. The van der Waals surface area contributed by atoms with Crippen LogP contribution >= 0.6 is 11.6 Å². The highest BCUT2D eigenvalue weighted by Crippen LogP contribution is 2.19. The summed E-state index contributed by atoms with van der Waals surface area (Å²) in [4.78, 5) is 11.8. The van der Waals surface area contributed by atoms with E-state index >= 15 is 0 Å². The van der Waals surface area contributed by atoms with Crippen LogP contribution in [0.25, 0.3) is 0 Å². The van der Waals surface area contributed by atoms with Gasteiger partial charge in [-0.2, -0.15) is 0 Å². The van der Waals surface area contributed by atoms with Crippen LogP contribution in [0.5, 0.6) is 0 Å². The Morgan fingerprint density at radius 1 is 1.24 bits per heavy atom. The molecule has 0 bridgehead atoms. The quantitative estimate of drug-likeness (QED) is 0.876. The molecule has 21 heavy (non-hydrogen) atoms. The van der Waals surface area contributed by atoms with E-state index in [4.69, 9.17) is 11.6 Å². The fourth-order valence-electron chi connectivity index (χ4n) is 2.02. The molecule has 0 spiro atoms. The number of benzene rings is 2. The van der Waals surface area contributed by atoms with Crippen molar-refractivity contribution in [2.75, 3.05) is 11.9 Å². The number of quaternary nitrogens is 1. The van der Waals surface area contributed by atoms with E-state index in [0.717, 1.165) is 5.56 Å². The molecule has 3 nitrogen and oxygen atoms in total. The van der Waals surface area contributed by atoms with Crippen molar-refractivity contribution in [1.82, 2.24) is 0 Å². The first-order valence-electron chi connectivity index (χ1n) is 6.70. The Bertz CT molecular complexity index is 633. The first-order chi connectivity index (χ1) is 10.1. The van der Waals surface area contributed by atoms with E-state index in [1.807, 2.05) is 36.5 Å². The van der Waals surface area contributed by atoms with Gasteiger partial charge in [-0.1, -0.05) is 41.9 Å². The van der Waals surface area contributed by atoms with Crippen molar-refractivity contribution in [2.24, 2.45) is 0 Å². The minimum absolute atomic E-state index is 0.0464. The zero-order valence-corrected chi connectivity index (χ0v) is 12.4. The first kappa shape index (κ1) is 15.5. The van der Waals surface area contributed by atoms with Gasteiger partial charge in [0, 0.05) is 10.6 Å². The lowest BCUT2D eigenvalue weighted by Crippen LogP contribution is -2.86. The van der Waals surface area contributed by atoms with Gasteiger partial charge in [-0.05, 0) is 25.1 Å². The summed E-state index contributed by atoms with van der Waals surface area (Å²) in [6.45, 7) is 2.16. The number of hydrogen-bond donors (Lipinski definition) is 2. The number of nitrogens with one attached hydrogen (secondary N) is 1. The molecule has 0 aliphatic rings. The number of amides is 1. The van der Waals surface area contributed by atoms with Crippen molar-refractivity contribution in [3.63, 3.8) is 0 Å². The molecule has 0 aliphatic heterocycles. The second-order valence-electron chi connectivity index (χ2n) is 4.78. The van der Waals surface area contributed by atoms with Gasteiger partial charge in [0.2, 0.25) is 0 Å². The maximum atomic E-state index is 13.4. The summed E-state index contributed by atoms with van der Waals surface area (Å²) < 4.78 is 13.4. The molecule has 0 aromatic heterocycles. The molecule has 5 heteroatoms. The van der Waals surface area contributed by atoms with Crippen molar-refractivity contribution in [3.8, 4) is 0 Å². The Balaban J connectivity index is 1.90. The highest BCUT2D eigenvalue weighted by Gasteiger charge is 2.14. The van der Waals surface area contributed by atoms with Crippen molar-refractivity contribution >= 4 is 23.2 Å². The summed E-state index contributed by atoms with van der Waals surface area (Å²) in [6.07, 6.45) is 0. The van der Waals surface area contributed by atoms with Crippen molar-refractivity contribution in [1.29, 1.82) is 0 Å². The minimum Gasteiger partial charge on any atom is -0.332 e. The smallest absolute Gasteiger partial charge is 0.279 e. The van der Waals surface area contributed by atoms with Gasteiger partial charge in [0.15, 0.2) is 6.54 Å². The monoisotopic (exact) mass is 307 g/mol. The summed E-state index contributed by atoms with van der Waals surface area (Å²) in [7, 11) is 0. The predicted molar refractivity (Wildman–Crippen MR) is 81.7 cm³/mol. The van der Waals surface area contributed by atoms with E-state index in [1.54, 1.807) is 12.1 Å². The Hall–Kier alpha value is -1.91. The number of carbonyl (C=O) groups is 1. The third-order valence-corrected chi connectivity index (χ3v) is 3.54. The molecular weight excluding hydrogens is 291 g/mol. The summed E-state index contributed by atoms with van der Waals surface area (Å²) >= 11 is 6.11. The largest absolute Gasteiger partial charge is 0.332 e. The minimum atomic E-state index is -0.440. The van der Waals surface area contributed by atoms with Crippen LogP contribution < -0.4 is 10.6 Å². The Kier molecular flexibility index (Phi) is 5.31. The van der Waals surface area contributed by atoms with Crippen molar-refractivity contribution in [3.05, 3.63) is 64.9 Å². The number of rotatable bonds is 5. The average Bonchev–Trinajstić information content (AvgIpc) is 2.48. The molecule has 1 atom stereocenters. The van der Waals surface area contributed by atoms with Crippen LogP contribution in [0.1, 0.15) is 18.5 Å². The van der Waals surface area contributed by atoms with Crippen LogP contribution in [0.3, 0.4) is 0 Å². The van der Waals surface area contributed by atoms with Crippen molar-refractivity contribution < 1.29 is 14.5 Å². The van der Waals surface area contributed by atoms with Gasteiger partial charge in [0.05, 0.1) is 5.69 Å². The van der Waals surface area contributed by atoms with E-state index in [2.05, 4.69) is 5.32 Å². The molecule has 1 amide bonds. The maximum Gasteiger partial charge on any atom is 0.279 e. The molecule has 0 saturated heterocycles. The molecule has 3 N–H and O–H groups in total. The third kappa shape index (κ3) is 4.28. The maximum absolute atomic E-state index is 13.4. The highest BCUT2D eigenvalue weighted by molar-refractivity contribution is 6.31. The van der Waals surface area contributed by atoms with Gasteiger partial charge in [0.25, 0.3) is 5.91 Å². The van der Waals surface area contributed by atoms with E-state index in [0.29, 0.717) is 5.02 Å². The Morgan fingerprint density at radius 3 is 2.62 bits per heavy atom. The van der Waals surface area contributed by atoms with E-state index in [9.17, 15) is 9.18 Å². The molecule has 0 radical (unpaired) electrons. The molecule has 0 saturated carbocycles. The van der Waals surface area contributed by atoms with Crippen LogP contribution in [-0.4, -0.2) is 12.5 Å². The third-order valence-electron chi connectivity index (χ3n) is 3.20. The highest BCUT2D eigenvalue weighted by atomic mass is 35.5. The van der Waals surface area contributed by atoms with Gasteiger partial charge in [-0.15, -0.1) is 0 Å². The molecule has 0 heterocycles. The van der Waals surface area contributed by atoms with Crippen LogP contribution in [0, 0.1) is 5.82 Å². The normalized spacial score (nSPS) is 12.0. The predicted octanol–water partition coefficient (Wildman–Crippen LogP) is 2.74. The fourth-order valence-corrected chi connectivity index (χ4v) is 2.33. The zero-order valence-electron chi connectivity index (χ0n) is 11.6. The number of carbonyl (C=O) groups excluding carboxylic acids is 1. The molecule has 2 aromatic carbocycles. The number of nitrogens with two attached hydrogens (primary N) is 1. The summed E-state index contributed by atoms with van der Waals surface area (Å²) in [5, 5.41) is 5.09. The van der Waals surface area contributed by atoms with Crippen LogP contribution in [0.4, 0.5) is 10.1 Å². The summed E-state index contributed by atoms with van der Waals surface area (Å²) in [6, 6.07) is 13.7.